The molecule has 0 aliphatic carbocycles. The lowest BCUT2D eigenvalue weighted by atomic mass is 10.2. The Morgan fingerprint density at radius 1 is 1.19 bits per heavy atom. The van der Waals surface area contributed by atoms with E-state index >= 15 is 0 Å². The minimum absolute atomic E-state index is 0.149. The Hall–Kier alpha value is -2.94. The summed E-state index contributed by atoms with van der Waals surface area (Å²) in [5, 5.41) is 9.30. The molecule has 1 amide bonds. The number of halogens is 1. The van der Waals surface area contributed by atoms with Gasteiger partial charge in [-0.3, -0.25) is 9.48 Å². The van der Waals surface area contributed by atoms with Gasteiger partial charge >= 0.3 is 0 Å². The number of carbonyl (C=O) groups excluding carboxylic acids is 1. The fourth-order valence-electron chi connectivity index (χ4n) is 3.73. The van der Waals surface area contributed by atoms with E-state index in [4.69, 9.17) is 16.3 Å². The van der Waals surface area contributed by atoms with Gasteiger partial charge in [-0.2, -0.15) is 5.10 Å². The third kappa shape index (κ3) is 4.34. The first-order valence-electron chi connectivity index (χ1n) is 10.4. The van der Waals surface area contributed by atoms with E-state index in [1.165, 1.54) is 11.3 Å². The summed E-state index contributed by atoms with van der Waals surface area (Å²) in [4.78, 5) is 21.2. The Kier molecular flexibility index (Phi) is 5.82. The summed E-state index contributed by atoms with van der Waals surface area (Å²) in [6.45, 7) is 5.65. The minimum atomic E-state index is -0.149. The standard InChI is InChI=1S/C23H22ClN5O2S/c1-15-19-12-20(32-23(19)29(27-15)14-16-2-4-17(24)5-3-16)22(30)26-18-6-7-21(25-13-18)28-8-10-31-11-9-28/h2-7,12-13H,8-11,14H2,1H3,(H,26,30). The second-order valence-electron chi connectivity index (χ2n) is 7.66. The first-order chi connectivity index (χ1) is 15.6. The summed E-state index contributed by atoms with van der Waals surface area (Å²) in [7, 11) is 0. The average Bonchev–Trinajstić information content (AvgIpc) is 3.38. The predicted octanol–water partition coefficient (Wildman–Crippen LogP) is 4.59. The quantitative estimate of drug-likeness (QED) is 0.464. The van der Waals surface area contributed by atoms with E-state index in [0.717, 1.165) is 40.4 Å². The van der Waals surface area contributed by atoms with Crippen molar-refractivity contribution in [2.24, 2.45) is 0 Å². The van der Waals surface area contributed by atoms with Gasteiger partial charge < -0.3 is 15.0 Å². The maximum atomic E-state index is 12.9. The van der Waals surface area contributed by atoms with Crippen LogP contribution in [-0.4, -0.2) is 47.0 Å². The highest BCUT2D eigenvalue weighted by molar-refractivity contribution is 7.20. The molecule has 164 valence electrons. The van der Waals surface area contributed by atoms with Gasteiger partial charge in [0.1, 0.15) is 10.6 Å². The van der Waals surface area contributed by atoms with Crippen LogP contribution in [0.3, 0.4) is 0 Å². The Labute approximate surface area is 194 Å². The molecule has 1 aliphatic rings. The molecular formula is C23H22ClN5O2S. The van der Waals surface area contributed by atoms with Crippen LogP contribution in [0.15, 0.2) is 48.7 Å². The topological polar surface area (TPSA) is 72.3 Å². The number of carbonyl (C=O) groups is 1. The van der Waals surface area contributed by atoms with Crippen LogP contribution in [0.5, 0.6) is 0 Å². The van der Waals surface area contributed by atoms with Gasteiger partial charge in [-0.05, 0) is 42.8 Å². The summed E-state index contributed by atoms with van der Waals surface area (Å²) in [5.41, 5.74) is 2.68. The van der Waals surface area contributed by atoms with E-state index in [-0.39, 0.29) is 5.91 Å². The summed E-state index contributed by atoms with van der Waals surface area (Å²) in [6, 6.07) is 13.4. The van der Waals surface area contributed by atoms with E-state index in [1.807, 2.05) is 54.1 Å². The normalized spacial score (nSPS) is 14.1. The van der Waals surface area contributed by atoms with E-state index in [9.17, 15) is 4.79 Å². The van der Waals surface area contributed by atoms with Crippen LogP contribution in [-0.2, 0) is 11.3 Å². The zero-order valence-corrected chi connectivity index (χ0v) is 19.1. The number of aryl methyl sites for hydroxylation is 1. The van der Waals surface area contributed by atoms with Crippen LogP contribution >= 0.6 is 22.9 Å². The highest BCUT2D eigenvalue weighted by Crippen LogP contribution is 2.29. The molecule has 0 unspecified atom stereocenters. The van der Waals surface area contributed by atoms with Gasteiger partial charge in [0.05, 0.1) is 42.2 Å². The molecule has 4 aromatic rings. The second-order valence-corrected chi connectivity index (χ2v) is 9.12. The number of thiophene rings is 1. The molecule has 0 radical (unpaired) electrons. The van der Waals surface area contributed by atoms with E-state index < -0.39 is 0 Å². The number of nitrogens with zero attached hydrogens (tertiary/aromatic N) is 4. The van der Waals surface area contributed by atoms with Gasteiger partial charge in [-0.25, -0.2) is 4.98 Å². The van der Waals surface area contributed by atoms with Crippen LogP contribution in [0, 0.1) is 6.92 Å². The predicted molar refractivity (Wildman–Crippen MR) is 128 cm³/mol. The third-order valence-electron chi connectivity index (χ3n) is 5.42. The number of pyridine rings is 1. The Bertz CT molecular complexity index is 1240. The van der Waals surface area contributed by atoms with E-state index in [1.54, 1.807) is 6.20 Å². The molecule has 5 rings (SSSR count). The Morgan fingerprint density at radius 3 is 2.69 bits per heavy atom. The lowest BCUT2D eigenvalue weighted by Crippen LogP contribution is -2.36. The first-order valence-corrected chi connectivity index (χ1v) is 11.6. The molecule has 1 aromatic carbocycles. The van der Waals surface area contributed by atoms with Gasteiger partial charge in [0.2, 0.25) is 0 Å². The van der Waals surface area contributed by atoms with Crippen molar-refractivity contribution >= 4 is 50.6 Å². The first kappa shape index (κ1) is 20.9. The summed E-state index contributed by atoms with van der Waals surface area (Å²) < 4.78 is 7.32. The molecular weight excluding hydrogens is 446 g/mol. The number of amides is 1. The summed E-state index contributed by atoms with van der Waals surface area (Å²) in [6.07, 6.45) is 1.70. The molecule has 7 nitrogen and oxygen atoms in total. The van der Waals surface area contributed by atoms with Gasteiger partial charge in [-0.1, -0.05) is 23.7 Å². The number of anilines is 2. The van der Waals surface area contributed by atoms with Crippen molar-refractivity contribution in [3.63, 3.8) is 0 Å². The lowest BCUT2D eigenvalue weighted by Gasteiger charge is -2.27. The summed E-state index contributed by atoms with van der Waals surface area (Å²) >= 11 is 7.43. The third-order valence-corrected chi connectivity index (χ3v) is 6.82. The van der Waals surface area contributed by atoms with E-state index in [2.05, 4.69) is 20.3 Å². The number of hydrogen-bond acceptors (Lipinski definition) is 6. The number of fused-ring (bicyclic) bond motifs is 1. The maximum Gasteiger partial charge on any atom is 0.265 e. The van der Waals surface area contributed by atoms with Crippen LogP contribution in [0.4, 0.5) is 11.5 Å². The van der Waals surface area contributed by atoms with Crippen molar-refractivity contribution in [3.8, 4) is 0 Å². The average molecular weight is 468 g/mol. The van der Waals surface area contributed by atoms with Crippen LogP contribution < -0.4 is 10.2 Å². The monoisotopic (exact) mass is 467 g/mol. The van der Waals surface area contributed by atoms with Gasteiger partial charge in [-0.15, -0.1) is 11.3 Å². The molecule has 0 bridgehead atoms. The lowest BCUT2D eigenvalue weighted by molar-refractivity contribution is 0.103. The van der Waals surface area contributed by atoms with Crippen LogP contribution in [0.25, 0.3) is 10.2 Å². The highest BCUT2D eigenvalue weighted by atomic mass is 35.5. The number of aromatic nitrogens is 3. The number of ether oxygens (including phenoxy) is 1. The van der Waals surface area contributed by atoms with Crippen molar-refractivity contribution in [2.45, 2.75) is 13.5 Å². The number of benzene rings is 1. The molecule has 32 heavy (non-hydrogen) atoms. The van der Waals surface area contributed by atoms with E-state index in [0.29, 0.717) is 35.3 Å². The molecule has 1 fully saturated rings. The largest absolute Gasteiger partial charge is 0.378 e. The van der Waals surface area contributed by atoms with Crippen molar-refractivity contribution < 1.29 is 9.53 Å². The smallest absolute Gasteiger partial charge is 0.265 e. The maximum absolute atomic E-state index is 12.9. The van der Waals surface area contributed by atoms with Gasteiger partial charge in [0.15, 0.2) is 0 Å². The van der Waals surface area contributed by atoms with Crippen LogP contribution in [0.1, 0.15) is 20.9 Å². The van der Waals surface area contributed by atoms with Crippen molar-refractivity contribution in [3.05, 3.63) is 69.8 Å². The van der Waals surface area contributed by atoms with Gasteiger partial charge in [0, 0.05) is 23.5 Å². The second kappa shape index (κ2) is 8.90. The summed E-state index contributed by atoms with van der Waals surface area (Å²) in [5.74, 6) is 0.746. The molecule has 0 spiro atoms. The number of rotatable bonds is 5. The number of morpholine rings is 1. The number of hydrogen-bond donors (Lipinski definition) is 1. The minimum Gasteiger partial charge on any atom is -0.378 e. The Morgan fingerprint density at radius 2 is 1.97 bits per heavy atom. The Balaban J connectivity index is 1.32. The zero-order chi connectivity index (χ0) is 22.1. The van der Waals surface area contributed by atoms with Crippen molar-refractivity contribution in [2.75, 3.05) is 36.5 Å². The zero-order valence-electron chi connectivity index (χ0n) is 17.5. The molecule has 9 heteroatoms. The molecule has 1 N–H and O–H groups in total. The van der Waals surface area contributed by atoms with Crippen molar-refractivity contribution in [1.82, 2.24) is 14.8 Å². The molecule has 0 saturated carbocycles. The molecule has 0 atom stereocenters. The molecule has 4 heterocycles. The highest BCUT2D eigenvalue weighted by Gasteiger charge is 2.17. The van der Waals surface area contributed by atoms with Crippen molar-refractivity contribution in [1.29, 1.82) is 0 Å². The fourth-order valence-corrected chi connectivity index (χ4v) is 4.91. The number of nitrogens with one attached hydrogen (secondary N) is 1. The fraction of sp³-hybridized carbons (Fsp3) is 0.261. The van der Waals surface area contributed by atoms with Gasteiger partial charge in [0.25, 0.3) is 5.91 Å². The SMILES string of the molecule is Cc1nn(Cc2ccc(Cl)cc2)c2sc(C(=O)Nc3ccc(N4CCOCC4)nc3)cc12. The van der Waals surface area contributed by atoms with Crippen LogP contribution in [0.2, 0.25) is 5.02 Å². The molecule has 3 aromatic heterocycles. The molecule has 1 saturated heterocycles. The molecule has 1 aliphatic heterocycles.